The zero-order chi connectivity index (χ0) is 25.4. The fourth-order valence-corrected chi connectivity index (χ4v) is 3.91. The second kappa shape index (κ2) is 12.1. The lowest BCUT2D eigenvalue weighted by molar-refractivity contribution is -0.132. The van der Waals surface area contributed by atoms with Gasteiger partial charge in [-0.2, -0.15) is 0 Å². The van der Waals surface area contributed by atoms with Gasteiger partial charge in [0.1, 0.15) is 24.4 Å². The van der Waals surface area contributed by atoms with Gasteiger partial charge in [-0.15, -0.1) is 0 Å². The predicted molar refractivity (Wildman–Crippen MR) is 128 cm³/mol. The average molecular weight is 484 g/mol. The molecular formula is C25H33N5O5. The Bertz CT molecular complexity index is 1040. The van der Waals surface area contributed by atoms with E-state index in [0.717, 1.165) is 5.56 Å². The summed E-state index contributed by atoms with van der Waals surface area (Å²) in [7, 11) is 0. The molecule has 3 atom stereocenters. The average Bonchev–Trinajstić information content (AvgIpc) is 3.30. The standard InChI is InChI=1S/C25H33N5O5/c1-15(2)21-25-29-20(14-35-25)22(32)26-12-8-7-11-18(27-16(3)31)23(33)28-19(24(34)30-21)13-17-9-5-4-6-10-17/h4-6,9-10,14-15,18-19,21H,7-8,11-13H2,1-3H3,(H,26,32)(H,27,31)(H,28,33)(H,30,34)/t18-,19-,21-/m0/s1. The quantitative estimate of drug-likeness (QED) is 0.521. The maximum absolute atomic E-state index is 13.4. The van der Waals surface area contributed by atoms with Crippen LogP contribution in [-0.4, -0.2) is 47.2 Å². The third kappa shape index (κ3) is 7.40. The van der Waals surface area contributed by atoms with Gasteiger partial charge in [0.15, 0.2) is 5.69 Å². The van der Waals surface area contributed by atoms with Crippen molar-refractivity contribution < 1.29 is 23.6 Å². The van der Waals surface area contributed by atoms with Crippen LogP contribution < -0.4 is 21.3 Å². The summed E-state index contributed by atoms with van der Waals surface area (Å²) in [5, 5.41) is 11.2. The molecular weight excluding hydrogens is 450 g/mol. The van der Waals surface area contributed by atoms with Crippen LogP contribution in [0.5, 0.6) is 0 Å². The van der Waals surface area contributed by atoms with E-state index in [9.17, 15) is 19.2 Å². The molecule has 0 fully saturated rings. The van der Waals surface area contributed by atoms with E-state index in [4.69, 9.17) is 4.42 Å². The minimum absolute atomic E-state index is 0.104. The normalized spacial score (nSPS) is 22.2. The van der Waals surface area contributed by atoms with Crippen molar-refractivity contribution in [3.8, 4) is 0 Å². The summed E-state index contributed by atoms with van der Waals surface area (Å²) in [6.07, 6.45) is 3.08. The molecule has 1 aliphatic rings. The number of carbonyl (C=O) groups is 4. The van der Waals surface area contributed by atoms with E-state index in [1.807, 2.05) is 44.2 Å². The summed E-state index contributed by atoms with van der Waals surface area (Å²) in [5.41, 5.74) is 1.01. The second-order valence-corrected chi connectivity index (χ2v) is 9.06. The topological polar surface area (TPSA) is 142 Å². The van der Waals surface area contributed by atoms with E-state index in [0.29, 0.717) is 25.8 Å². The minimum Gasteiger partial charge on any atom is -0.446 e. The molecule has 0 spiro atoms. The number of amides is 4. The van der Waals surface area contributed by atoms with Gasteiger partial charge in [0.25, 0.3) is 5.91 Å². The van der Waals surface area contributed by atoms with Crippen LogP contribution in [0.4, 0.5) is 0 Å². The zero-order valence-corrected chi connectivity index (χ0v) is 20.3. The third-order valence-corrected chi connectivity index (χ3v) is 5.80. The third-order valence-electron chi connectivity index (χ3n) is 5.80. The van der Waals surface area contributed by atoms with Crippen LogP contribution >= 0.6 is 0 Å². The number of fused-ring (bicyclic) bond motifs is 2. The van der Waals surface area contributed by atoms with Crippen LogP contribution in [0.2, 0.25) is 0 Å². The minimum atomic E-state index is -0.895. The number of hydrogen-bond donors (Lipinski definition) is 4. The molecule has 2 heterocycles. The molecule has 35 heavy (non-hydrogen) atoms. The first kappa shape index (κ1) is 25.9. The van der Waals surface area contributed by atoms with E-state index < -0.39 is 29.9 Å². The van der Waals surface area contributed by atoms with Crippen LogP contribution in [0, 0.1) is 5.92 Å². The maximum atomic E-state index is 13.4. The van der Waals surface area contributed by atoms with Gasteiger partial charge in [-0.1, -0.05) is 44.2 Å². The highest BCUT2D eigenvalue weighted by Crippen LogP contribution is 2.22. The molecule has 4 N–H and O–H groups in total. The van der Waals surface area contributed by atoms with Gasteiger partial charge in [-0.3, -0.25) is 19.2 Å². The van der Waals surface area contributed by atoms with Crippen LogP contribution in [0.3, 0.4) is 0 Å². The van der Waals surface area contributed by atoms with Gasteiger partial charge >= 0.3 is 0 Å². The Hall–Kier alpha value is -3.69. The lowest BCUT2D eigenvalue weighted by Gasteiger charge is -2.26. The molecule has 10 heteroatoms. The first-order valence-electron chi connectivity index (χ1n) is 11.9. The van der Waals surface area contributed by atoms with E-state index >= 15 is 0 Å². The number of oxazole rings is 1. The highest BCUT2D eigenvalue weighted by atomic mass is 16.3. The van der Waals surface area contributed by atoms with Gasteiger partial charge in [-0.05, 0) is 30.7 Å². The lowest BCUT2D eigenvalue weighted by atomic mass is 10.0. The van der Waals surface area contributed by atoms with Crippen molar-refractivity contribution in [1.29, 1.82) is 0 Å². The highest BCUT2D eigenvalue weighted by Gasteiger charge is 2.31. The molecule has 0 radical (unpaired) electrons. The molecule has 1 aliphatic heterocycles. The zero-order valence-electron chi connectivity index (χ0n) is 20.3. The molecule has 2 aromatic rings. The van der Waals surface area contributed by atoms with E-state index in [1.54, 1.807) is 0 Å². The summed E-state index contributed by atoms with van der Waals surface area (Å²) >= 11 is 0. The molecule has 0 saturated carbocycles. The first-order valence-corrected chi connectivity index (χ1v) is 11.9. The maximum Gasteiger partial charge on any atom is 0.273 e. The smallest absolute Gasteiger partial charge is 0.273 e. The first-order chi connectivity index (χ1) is 16.7. The van der Waals surface area contributed by atoms with Crippen molar-refractivity contribution in [1.82, 2.24) is 26.3 Å². The molecule has 1 aromatic carbocycles. The van der Waals surface area contributed by atoms with Crippen molar-refractivity contribution in [2.75, 3.05) is 6.54 Å². The highest BCUT2D eigenvalue weighted by molar-refractivity contribution is 5.93. The van der Waals surface area contributed by atoms with Crippen LogP contribution in [0.15, 0.2) is 41.0 Å². The Labute approximate surface area is 204 Å². The van der Waals surface area contributed by atoms with E-state index in [2.05, 4.69) is 26.3 Å². The fourth-order valence-electron chi connectivity index (χ4n) is 3.91. The number of nitrogens with zero attached hydrogens (tertiary/aromatic N) is 1. The Morgan fingerprint density at radius 3 is 2.54 bits per heavy atom. The Morgan fingerprint density at radius 2 is 1.86 bits per heavy atom. The van der Waals surface area contributed by atoms with Gasteiger partial charge in [0.2, 0.25) is 23.6 Å². The van der Waals surface area contributed by atoms with Gasteiger partial charge < -0.3 is 25.7 Å². The number of hydrogen-bond acceptors (Lipinski definition) is 6. The van der Waals surface area contributed by atoms with Crippen molar-refractivity contribution in [3.63, 3.8) is 0 Å². The largest absolute Gasteiger partial charge is 0.446 e. The van der Waals surface area contributed by atoms with Crippen molar-refractivity contribution in [3.05, 3.63) is 53.7 Å². The van der Waals surface area contributed by atoms with Gasteiger partial charge in [-0.25, -0.2) is 4.98 Å². The Balaban J connectivity index is 1.92. The Kier molecular flexibility index (Phi) is 8.99. The number of nitrogens with one attached hydrogen (secondary N) is 4. The summed E-state index contributed by atoms with van der Waals surface area (Å²) in [4.78, 5) is 55.0. The van der Waals surface area contributed by atoms with Crippen LogP contribution in [0.1, 0.15) is 68.0 Å². The van der Waals surface area contributed by atoms with Crippen molar-refractivity contribution in [2.45, 2.75) is 64.6 Å². The number of benzene rings is 1. The van der Waals surface area contributed by atoms with Crippen LogP contribution in [0.25, 0.3) is 0 Å². The molecule has 3 rings (SSSR count). The molecule has 188 valence electrons. The summed E-state index contributed by atoms with van der Waals surface area (Å²) < 4.78 is 5.55. The van der Waals surface area contributed by atoms with Gasteiger partial charge in [0, 0.05) is 19.9 Å². The molecule has 4 amide bonds. The lowest BCUT2D eigenvalue weighted by Crippen LogP contribution is -2.55. The number of aromatic nitrogens is 1. The fraction of sp³-hybridized carbons (Fsp3) is 0.480. The molecule has 0 unspecified atom stereocenters. The van der Waals surface area contributed by atoms with Crippen LogP contribution in [-0.2, 0) is 20.8 Å². The summed E-state index contributed by atoms with van der Waals surface area (Å²) in [6, 6.07) is 7.05. The molecule has 1 aromatic heterocycles. The second-order valence-electron chi connectivity index (χ2n) is 9.06. The number of carbonyl (C=O) groups excluding carboxylic acids is 4. The monoisotopic (exact) mass is 483 g/mol. The predicted octanol–water partition coefficient (Wildman–Crippen LogP) is 1.63. The summed E-state index contributed by atoms with van der Waals surface area (Å²) in [5.74, 6) is -1.46. The SMILES string of the molecule is CC(=O)N[C@H]1CCCCNC(=O)c2coc(n2)[C@H](C(C)C)NC(=O)[C@H](Cc2ccccc2)NC1=O. The summed E-state index contributed by atoms with van der Waals surface area (Å²) in [6.45, 7) is 5.52. The Morgan fingerprint density at radius 1 is 1.11 bits per heavy atom. The van der Waals surface area contributed by atoms with E-state index in [-0.39, 0.29) is 35.7 Å². The molecule has 2 bridgehead atoms. The molecule has 10 nitrogen and oxygen atoms in total. The number of rotatable bonds is 4. The van der Waals surface area contributed by atoms with Crippen molar-refractivity contribution >= 4 is 23.6 Å². The molecule has 0 aliphatic carbocycles. The van der Waals surface area contributed by atoms with Crippen molar-refractivity contribution in [2.24, 2.45) is 5.92 Å². The van der Waals surface area contributed by atoms with Gasteiger partial charge in [0.05, 0.1) is 0 Å². The van der Waals surface area contributed by atoms with E-state index in [1.165, 1.54) is 13.2 Å². The molecule has 0 saturated heterocycles.